The molecule has 0 bridgehead atoms. The number of aliphatic hydroxyl groups is 1. The van der Waals surface area contributed by atoms with Crippen LogP contribution in [0.1, 0.15) is 41.9 Å². The number of aromatic nitrogens is 2. The van der Waals surface area contributed by atoms with E-state index in [9.17, 15) is 5.11 Å². The Bertz CT molecular complexity index is 751. The molecule has 142 valence electrons. The summed E-state index contributed by atoms with van der Waals surface area (Å²) in [5.41, 5.74) is 5.53. The van der Waals surface area contributed by atoms with Gasteiger partial charge >= 0.3 is 0 Å². The van der Waals surface area contributed by atoms with Gasteiger partial charge in [-0.2, -0.15) is 5.10 Å². The number of guanidine groups is 1. The molecular formula is C20H31N5O. The number of hydrogen-bond donors (Lipinski definition) is 3. The minimum absolute atomic E-state index is 0.0334. The Labute approximate surface area is 156 Å². The van der Waals surface area contributed by atoms with Crippen molar-refractivity contribution >= 4 is 5.96 Å². The molecule has 1 aromatic carbocycles. The molecule has 1 heterocycles. The molecule has 26 heavy (non-hydrogen) atoms. The average Bonchev–Trinajstić information content (AvgIpc) is 2.86. The molecular weight excluding hydrogens is 326 g/mol. The van der Waals surface area contributed by atoms with E-state index in [4.69, 9.17) is 0 Å². The number of aliphatic hydroxyl groups excluding tert-OH is 1. The van der Waals surface area contributed by atoms with Crippen LogP contribution >= 0.6 is 0 Å². The van der Waals surface area contributed by atoms with Crippen molar-refractivity contribution in [2.75, 3.05) is 6.54 Å². The Kier molecular flexibility index (Phi) is 7.21. The van der Waals surface area contributed by atoms with Crippen molar-refractivity contribution < 1.29 is 5.11 Å². The molecule has 0 amide bonds. The van der Waals surface area contributed by atoms with E-state index in [0.29, 0.717) is 6.54 Å². The Hall–Kier alpha value is -2.34. The third-order valence-electron chi connectivity index (χ3n) is 4.59. The molecule has 1 atom stereocenters. The van der Waals surface area contributed by atoms with E-state index in [1.807, 2.05) is 36.0 Å². The summed E-state index contributed by atoms with van der Waals surface area (Å²) >= 11 is 0. The van der Waals surface area contributed by atoms with E-state index in [0.717, 1.165) is 35.7 Å². The van der Waals surface area contributed by atoms with Crippen molar-refractivity contribution in [1.82, 2.24) is 20.4 Å². The summed E-state index contributed by atoms with van der Waals surface area (Å²) in [5, 5.41) is 20.7. The van der Waals surface area contributed by atoms with Gasteiger partial charge in [0.15, 0.2) is 5.96 Å². The van der Waals surface area contributed by atoms with Crippen LogP contribution in [0.4, 0.5) is 0 Å². The predicted molar refractivity (Wildman–Crippen MR) is 106 cm³/mol. The van der Waals surface area contributed by atoms with Gasteiger partial charge in [-0.1, -0.05) is 24.3 Å². The lowest BCUT2D eigenvalue weighted by molar-refractivity contribution is 0.280. The van der Waals surface area contributed by atoms with Crippen molar-refractivity contribution in [3.63, 3.8) is 0 Å². The lowest BCUT2D eigenvalue weighted by Gasteiger charge is -2.18. The van der Waals surface area contributed by atoms with Crippen molar-refractivity contribution in [2.45, 2.75) is 53.3 Å². The van der Waals surface area contributed by atoms with Gasteiger partial charge in [0.2, 0.25) is 0 Å². The second-order valence-electron chi connectivity index (χ2n) is 6.64. The summed E-state index contributed by atoms with van der Waals surface area (Å²) in [6, 6.07) is 8.07. The van der Waals surface area contributed by atoms with Gasteiger partial charge in [-0.15, -0.1) is 0 Å². The van der Waals surface area contributed by atoms with Gasteiger partial charge < -0.3 is 15.7 Å². The number of rotatable bonds is 7. The average molecular weight is 358 g/mol. The minimum atomic E-state index is 0.0334. The van der Waals surface area contributed by atoms with Crippen LogP contribution in [-0.4, -0.2) is 33.4 Å². The highest BCUT2D eigenvalue weighted by molar-refractivity contribution is 5.80. The van der Waals surface area contributed by atoms with Gasteiger partial charge in [-0.3, -0.25) is 4.68 Å². The van der Waals surface area contributed by atoms with Gasteiger partial charge in [0, 0.05) is 25.3 Å². The zero-order valence-corrected chi connectivity index (χ0v) is 16.5. The van der Waals surface area contributed by atoms with Crippen LogP contribution in [0.25, 0.3) is 0 Å². The lowest BCUT2D eigenvalue weighted by atomic mass is 10.1. The molecule has 0 saturated heterocycles. The van der Waals surface area contributed by atoms with Gasteiger partial charge in [0.1, 0.15) is 0 Å². The summed E-state index contributed by atoms with van der Waals surface area (Å²) in [5.74, 6) is 0.784. The van der Waals surface area contributed by atoms with Gasteiger partial charge in [-0.05, 0) is 50.8 Å². The third-order valence-corrected chi connectivity index (χ3v) is 4.59. The quantitative estimate of drug-likeness (QED) is 0.525. The van der Waals surface area contributed by atoms with Crippen LogP contribution in [0.5, 0.6) is 0 Å². The van der Waals surface area contributed by atoms with Crippen LogP contribution in [0.2, 0.25) is 0 Å². The Morgan fingerprint density at radius 3 is 2.54 bits per heavy atom. The molecule has 0 aliphatic heterocycles. The second-order valence-corrected chi connectivity index (χ2v) is 6.64. The third kappa shape index (κ3) is 5.08. The van der Waals surface area contributed by atoms with E-state index in [1.54, 1.807) is 0 Å². The monoisotopic (exact) mass is 357 g/mol. The van der Waals surface area contributed by atoms with Crippen LogP contribution in [0.15, 0.2) is 29.3 Å². The molecule has 6 nitrogen and oxygen atoms in total. The summed E-state index contributed by atoms with van der Waals surface area (Å²) in [7, 11) is 1.98. The van der Waals surface area contributed by atoms with Crippen LogP contribution in [-0.2, 0) is 26.6 Å². The maximum Gasteiger partial charge on any atom is 0.191 e. The molecule has 0 radical (unpaired) electrons. The predicted octanol–water partition coefficient (Wildman–Crippen LogP) is 2.22. The SMILES string of the molecule is CCNC(=NCc1ccccc1CO)NC(C)Cc1c(C)nn(C)c1C. The number of nitrogens with one attached hydrogen (secondary N) is 2. The highest BCUT2D eigenvalue weighted by Gasteiger charge is 2.14. The first-order chi connectivity index (χ1) is 12.5. The number of benzene rings is 1. The van der Waals surface area contributed by atoms with E-state index in [1.165, 1.54) is 11.3 Å². The zero-order chi connectivity index (χ0) is 19.1. The minimum Gasteiger partial charge on any atom is -0.392 e. The first-order valence-electron chi connectivity index (χ1n) is 9.17. The summed E-state index contributed by atoms with van der Waals surface area (Å²) < 4.78 is 1.93. The summed E-state index contributed by atoms with van der Waals surface area (Å²) in [6.45, 7) is 9.73. The number of aryl methyl sites for hydroxylation is 2. The Morgan fingerprint density at radius 2 is 1.96 bits per heavy atom. The van der Waals surface area contributed by atoms with Crippen LogP contribution in [0, 0.1) is 13.8 Å². The molecule has 6 heteroatoms. The maximum absolute atomic E-state index is 9.46. The van der Waals surface area contributed by atoms with E-state index >= 15 is 0 Å². The van der Waals surface area contributed by atoms with Gasteiger partial charge in [-0.25, -0.2) is 4.99 Å². The Morgan fingerprint density at radius 1 is 1.27 bits per heavy atom. The molecule has 3 N–H and O–H groups in total. The molecule has 0 fully saturated rings. The zero-order valence-electron chi connectivity index (χ0n) is 16.5. The van der Waals surface area contributed by atoms with Crippen LogP contribution in [0.3, 0.4) is 0 Å². The molecule has 0 aliphatic rings. The highest BCUT2D eigenvalue weighted by Crippen LogP contribution is 2.14. The van der Waals surface area contributed by atoms with Crippen molar-refractivity contribution in [2.24, 2.45) is 12.0 Å². The molecule has 2 aromatic rings. The largest absolute Gasteiger partial charge is 0.392 e. The molecule has 2 rings (SSSR count). The topological polar surface area (TPSA) is 74.5 Å². The molecule has 1 aromatic heterocycles. The normalized spacial score (nSPS) is 12.9. The Balaban J connectivity index is 2.06. The number of nitrogens with zero attached hydrogens (tertiary/aromatic N) is 3. The van der Waals surface area contributed by atoms with Crippen molar-refractivity contribution in [1.29, 1.82) is 0 Å². The first-order valence-corrected chi connectivity index (χ1v) is 9.17. The second kappa shape index (κ2) is 9.38. The molecule has 0 saturated carbocycles. The first kappa shape index (κ1) is 20.0. The standard InChI is InChI=1S/C20H31N5O/c1-6-21-20(22-12-17-9-7-8-10-18(17)13-26)23-14(2)11-19-15(3)24-25(5)16(19)4/h7-10,14,26H,6,11-13H2,1-5H3,(H2,21,22,23). The van der Waals surface area contributed by atoms with Crippen molar-refractivity contribution in [3.05, 3.63) is 52.3 Å². The fourth-order valence-electron chi connectivity index (χ4n) is 3.05. The lowest BCUT2D eigenvalue weighted by Crippen LogP contribution is -2.43. The summed E-state index contributed by atoms with van der Waals surface area (Å²) in [4.78, 5) is 4.69. The smallest absolute Gasteiger partial charge is 0.191 e. The molecule has 0 spiro atoms. The summed E-state index contributed by atoms with van der Waals surface area (Å²) in [6.07, 6.45) is 0.892. The van der Waals surface area contributed by atoms with E-state index in [-0.39, 0.29) is 12.6 Å². The number of hydrogen-bond acceptors (Lipinski definition) is 3. The van der Waals surface area contributed by atoms with E-state index in [2.05, 4.69) is 48.4 Å². The highest BCUT2D eigenvalue weighted by atomic mass is 16.3. The van der Waals surface area contributed by atoms with Gasteiger partial charge in [0.05, 0.1) is 18.8 Å². The van der Waals surface area contributed by atoms with Crippen molar-refractivity contribution in [3.8, 4) is 0 Å². The number of aliphatic imine (C=N–C) groups is 1. The maximum atomic E-state index is 9.46. The fourth-order valence-corrected chi connectivity index (χ4v) is 3.05. The molecule has 1 unspecified atom stereocenters. The fraction of sp³-hybridized carbons (Fsp3) is 0.500. The molecule has 0 aliphatic carbocycles. The van der Waals surface area contributed by atoms with Gasteiger partial charge in [0.25, 0.3) is 0 Å². The van der Waals surface area contributed by atoms with E-state index < -0.39 is 0 Å². The van der Waals surface area contributed by atoms with Crippen LogP contribution < -0.4 is 10.6 Å².